The molecule has 2 amide bonds. The van der Waals surface area contributed by atoms with Crippen LogP contribution in [0.3, 0.4) is 0 Å². The lowest BCUT2D eigenvalue weighted by molar-refractivity contribution is -0.164. The van der Waals surface area contributed by atoms with Crippen molar-refractivity contribution in [3.8, 4) is 0 Å². The lowest BCUT2D eigenvalue weighted by Gasteiger charge is -2.31. The van der Waals surface area contributed by atoms with Crippen molar-refractivity contribution < 1.29 is 38.1 Å². The van der Waals surface area contributed by atoms with Crippen molar-refractivity contribution in [3.05, 3.63) is 48.6 Å². The minimum atomic E-state index is -1.10. The van der Waals surface area contributed by atoms with Crippen molar-refractivity contribution in [1.29, 1.82) is 0 Å². The third kappa shape index (κ3) is 10.9. The number of imide groups is 1. The van der Waals surface area contributed by atoms with Crippen LogP contribution in [0.5, 0.6) is 0 Å². The van der Waals surface area contributed by atoms with Gasteiger partial charge < -0.3 is 23.7 Å². The highest BCUT2D eigenvalue weighted by Crippen LogP contribution is 2.27. The number of amides is 2. The molecule has 1 heterocycles. The van der Waals surface area contributed by atoms with Crippen LogP contribution >= 0.6 is 0 Å². The fourth-order valence-corrected chi connectivity index (χ4v) is 4.24. The highest BCUT2D eigenvalue weighted by atomic mass is 16.6. The molecule has 0 bridgehead atoms. The van der Waals surface area contributed by atoms with Gasteiger partial charge >= 0.3 is 18.2 Å². The largest absolute Gasteiger partial charge is 0.460 e. The van der Waals surface area contributed by atoms with Crippen molar-refractivity contribution in [1.82, 2.24) is 5.32 Å². The zero-order chi connectivity index (χ0) is 27.6. The van der Waals surface area contributed by atoms with E-state index in [9.17, 15) is 14.4 Å². The predicted molar refractivity (Wildman–Crippen MR) is 138 cm³/mol. The summed E-state index contributed by atoms with van der Waals surface area (Å²) in [5.41, 5.74) is -0.734. The van der Waals surface area contributed by atoms with Crippen molar-refractivity contribution in [2.75, 3.05) is 19.8 Å². The number of esters is 1. The molecule has 1 aliphatic rings. The van der Waals surface area contributed by atoms with Crippen molar-refractivity contribution in [2.24, 2.45) is 11.8 Å². The Morgan fingerprint density at radius 2 is 1.73 bits per heavy atom. The summed E-state index contributed by atoms with van der Waals surface area (Å²) in [4.78, 5) is 37.2. The third-order valence-electron chi connectivity index (χ3n) is 5.67. The van der Waals surface area contributed by atoms with Gasteiger partial charge in [-0.15, -0.1) is 6.58 Å². The molecule has 4 atom stereocenters. The zero-order valence-electron chi connectivity index (χ0n) is 22.8. The predicted octanol–water partition coefficient (Wildman–Crippen LogP) is 4.82. The van der Waals surface area contributed by atoms with Gasteiger partial charge in [-0.1, -0.05) is 36.4 Å². The first-order chi connectivity index (χ1) is 17.3. The van der Waals surface area contributed by atoms with E-state index in [0.29, 0.717) is 19.6 Å². The minimum absolute atomic E-state index is 0.0623. The Bertz CT molecular complexity index is 909. The van der Waals surface area contributed by atoms with E-state index in [1.807, 2.05) is 42.6 Å². The molecule has 0 spiro atoms. The number of hydrogen-bond acceptors (Lipinski definition) is 8. The summed E-state index contributed by atoms with van der Waals surface area (Å²) < 4.78 is 28.4. The molecule has 1 aromatic rings. The smallest absolute Gasteiger partial charge is 0.417 e. The summed E-state index contributed by atoms with van der Waals surface area (Å²) >= 11 is 0. The van der Waals surface area contributed by atoms with Crippen LogP contribution < -0.4 is 5.32 Å². The van der Waals surface area contributed by atoms with Crippen LogP contribution in [-0.2, 0) is 34.9 Å². The highest BCUT2D eigenvalue weighted by Gasteiger charge is 2.38. The van der Waals surface area contributed by atoms with E-state index < -0.39 is 47.5 Å². The molecule has 1 fully saturated rings. The van der Waals surface area contributed by atoms with Gasteiger partial charge in [0.25, 0.3) is 0 Å². The first kappa shape index (κ1) is 30.3. The Morgan fingerprint density at radius 1 is 1.08 bits per heavy atom. The first-order valence-electron chi connectivity index (χ1n) is 12.6. The summed E-state index contributed by atoms with van der Waals surface area (Å²) in [6, 6.07) is 10.00. The molecule has 9 heteroatoms. The summed E-state index contributed by atoms with van der Waals surface area (Å²) in [7, 11) is 0. The van der Waals surface area contributed by atoms with Crippen LogP contribution in [-0.4, -0.2) is 61.4 Å². The maximum absolute atomic E-state index is 13.1. The molecule has 2 rings (SSSR count). The van der Waals surface area contributed by atoms with Crippen molar-refractivity contribution in [2.45, 2.75) is 77.8 Å². The van der Waals surface area contributed by atoms with Crippen molar-refractivity contribution >= 4 is 18.2 Å². The summed E-state index contributed by atoms with van der Waals surface area (Å²) in [5, 5.41) is 2.04. The molecule has 37 heavy (non-hydrogen) atoms. The first-order valence-corrected chi connectivity index (χ1v) is 12.6. The summed E-state index contributed by atoms with van der Waals surface area (Å²) in [6.07, 6.45) is -0.342. The molecule has 1 aliphatic heterocycles. The molecule has 1 N–H and O–H groups in total. The molecule has 9 nitrogen and oxygen atoms in total. The molecule has 0 aliphatic carbocycles. The number of alkyl carbamates (subject to hydrolysis) is 2. The standard InChI is InChI=1S/C28H41NO8/c1-8-14-34-23-19(2)35-24(30)22(18-33-17-21(23)15-20-12-10-9-11-13-20)16-28(6,7)37-26(32)29-25(31)36-27(3,4)5/h8-13,19,21-23H,1,14-18H2,2-7H3,(H,29,31,32)/t19-,21-,22-,23-/m0/s1. The van der Waals surface area contributed by atoms with Crippen LogP contribution in [0, 0.1) is 11.8 Å². The van der Waals surface area contributed by atoms with Crippen molar-refractivity contribution in [3.63, 3.8) is 0 Å². The number of hydrogen-bond donors (Lipinski definition) is 1. The quantitative estimate of drug-likeness (QED) is 0.296. The average Bonchev–Trinajstić information content (AvgIpc) is 2.81. The van der Waals surface area contributed by atoms with Crippen LogP contribution in [0.2, 0.25) is 0 Å². The van der Waals surface area contributed by atoms with Gasteiger partial charge in [0.2, 0.25) is 0 Å². The second kappa shape index (κ2) is 13.6. The normalized spacial score (nSPS) is 23.0. The van der Waals surface area contributed by atoms with Gasteiger partial charge in [-0.05, 0) is 53.5 Å². The van der Waals surface area contributed by atoms with Gasteiger partial charge in [0.15, 0.2) is 0 Å². The number of ether oxygens (including phenoxy) is 5. The fraction of sp³-hybridized carbons (Fsp3) is 0.607. The Labute approximate surface area is 219 Å². The van der Waals surface area contributed by atoms with Gasteiger partial charge in [-0.2, -0.15) is 0 Å². The number of cyclic esters (lactones) is 1. The maximum Gasteiger partial charge on any atom is 0.417 e. The number of nitrogens with one attached hydrogen (secondary N) is 1. The number of benzene rings is 1. The Hall–Kier alpha value is -2.91. The SMILES string of the molecule is C=CCO[C@@H]1[C@@H](Cc2ccccc2)COC[C@H](CC(C)(C)OC(=O)NC(=O)OC(C)(C)C)C(=O)O[C@H]1C. The topological polar surface area (TPSA) is 109 Å². The van der Waals surface area contributed by atoms with Gasteiger partial charge in [-0.3, -0.25) is 4.79 Å². The second-order valence-corrected chi connectivity index (χ2v) is 10.9. The van der Waals surface area contributed by atoms with E-state index in [4.69, 9.17) is 23.7 Å². The van der Waals surface area contributed by atoms with Gasteiger partial charge in [0.05, 0.1) is 31.8 Å². The maximum atomic E-state index is 13.1. The number of carbonyl (C=O) groups excluding carboxylic acids is 3. The molecular formula is C28H41NO8. The van der Waals surface area contributed by atoms with Crippen LogP contribution in [0.4, 0.5) is 9.59 Å². The number of rotatable bonds is 8. The minimum Gasteiger partial charge on any atom is -0.460 e. The zero-order valence-corrected chi connectivity index (χ0v) is 22.8. The van der Waals surface area contributed by atoms with E-state index in [-0.39, 0.29) is 18.9 Å². The van der Waals surface area contributed by atoms with Gasteiger partial charge in [0.1, 0.15) is 17.3 Å². The third-order valence-corrected chi connectivity index (χ3v) is 5.67. The van der Waals surface area contributed by atoms with Gasteiger partial charge in [0, 0.05) is 12.3 Å². The Morgan fingerprint density at radius 3 is 2.35 bits per heavy atom. The monoisotopic (exact) mass is 519 g/mol. The highest BCUT2D eigenvalue weighted by molar-refractivity contribution is 5.87. The van der Waals surface area contributed by atoms with E-state index in [2.05, 4.69) is 6.58 Å². The van der Waals surface area contributed by atoms with E-state index in [1.165, 1.54) is 0 Å². The lowest BCUT2D eigenvalue weighted by atomic mass is 9.91. The molecule has 1 aromatic carbocycles. The average molecular weight is 520 g/mol. The Balaban J connectivity index is 2.08. The molecule has 1 saturated heterocycles. The molecule has 0 unspecified atom stereocenters. The Kier molecular flexibility index (Phi) is 11.1. The van der Waals surface area contributed by atoms with Crippen LogP contribution in [0.15, 0.2) is 43.0 Å². The van der Waals surface area contributed by atoms with Crippen LogP contribution in [0.1, 0.15) is 53.5 Å². The number of carbonyl (C=O) groups is 3. The molecule has 0 radical (unpaired) electrons. The van der Waals surface area contributed by atoms with E-state index in [0.717, 1.165) is 5.56 Å². The molecule has 206 valence electrons. The van der Waals surface area contributed by atoms with Gasteiger partial charge in [-0.25, -0.2) is 14.9 Å². The molecule has 0 aromatic heterocycles. The fourth-order valence-electron chi connectivity index (χ4n) is 4.24. The lowest BCUT2D eigenvalue weighted by Crippen LogP contribution is -2.42. The summed E-state index contributed by atoms with van der Waals surface area (Å²) in [5.74, 6) is -1.22. The molecule has 0 saturated carbocycles. The second-order valence-electron chi connectivity index (χ2n) is 10.9. The van der Waals surface area contributed by atoms with E-state index >= 15 is 0 Å². The van der Waals surface area contributed by atoms with E-state index in [1.54, 1.807) is 40.7 Å². The van der Waals surface area contributed by atoms with Crippen LogP contribution in [0.25, 0.3) is 0 Å². The molecular weight excluding hydrogens is 478 g/mol. The summed E-state index contributed by atoms with van der Waals surface area (Å²) in [6.45, 7) is 14.6.